The summed E-state index contributed by atoms with van der Waals surface area (Å²) >= 11 is 0. The first-order chi connectivity index (χ1) is 12.8. The molecular formula is C23H33NO3. The summed E-state index contributed by atoms with van der Waals surface area (Å²) < 4.78 is 18.0. The molecule has 2 aromatic rings. The van der Waals surface area contributed by atoms with E-state index >= 15 is 0 Å². The number of pyridine rings is 1. The summed E-state index contributed by atoms with van der Waals surface area (Å²) in [5, 5.41) is 0. The molecule has 0 aliphatic heterocycles. The number of benzene rings is 1. The van der Waals surface area contributed by atoms with E-state index in [4.69, 9.17) is 14.2 Å². The summed E-state index contributed by atoms with van der Waals surface area (Å²) in [5.41, 5.74) is 3.87. The minimum atomic E-state index is 0.142. The second-order valence-corrected chi connectivity index (χ2v) is 7.40. The summed E-state index contributed by atoms with van der Waals surface area (Å²) in [6.07, 6.45) is 3.56. The van der Waals surface area contributed by atoms with Crippen LogP contribution in [0, 0.1) is 27.7 Å². The van der Waals surface area contributed by atoms with E-state index in [1.807, 2.05) is 59.7 Å². The van der Waals surface area contributed by atoms with E-state index in [1.165, 1.54) is 12.8 Å². The van der Waals surface area contributed by atoms with E-state index in [9.17, 15) is 0 Å². The third-order valence-corrected chi connectivity index (χ3v) is 4.32. The van der Waals surface area contributed by atoms with Gasteiger partial charge in [-0.05, 0) is 71.2 Å². The molecule has 0 amide bonds. The molecule has 4 heteroatoms. The highest BCUT2D eigenvalue weighted by Gasteiger charge is 2.15. The second-order valence-electron chi connectivity index (χ2n) is 7.40. The summed E-state index contributed by atoms with van der Waals surface area (Å²) in [7, 11) is 0. The normalized spacial score (nSPS) is 11.0. The van der Waals surface area contributed by atoms with E-state index in [-0.39, 0.29) is 6.10 Å². The minimum Gasteiger partial charge on any atom is -0.493 e. The molecule has 0 N–H and O–H groups in total. The minimum absolute atomic E-state index is 0.142. The maximum absolute atomic E-state index is 6.23. The van der Waals surface area contributed by atoms with Crippen LogP contribution in [-0.2, 0) is 0 Å². The Labute approximate surface area is 163 Å². The molecule has 0 aliphatic carbocycles. The van der Waals surface area contributed by atoms with Gasteiger partial charge in [-0.2, -0.15) is 0 Å². The Balaban J connectivity index is 2.25. The quantitative estimate of drug-likeness (QED) is 0.474. The zero-order valence-corrected chi connectivity index (χ0v) is 17.8. The number of ether oxygens (including phenoxy) is 3. The predicted molar refractivity (Wildman–Crippen MR) is 110 cm³/mol. The van der Waals surface area contributed by atoms with Crippen molar-refractivity contribution in [2.75, 3.05) is 6.61 Å². The number of aromatic nitrogens is 1. The number of aryl methyl sites for hydroxylation is 3. The highest BCUT2D eigenvalue weighted by molar-refractivity contribution is 5.49. The number of hydrogen-bond acceptors (Lipinski definition) is 4. The number of hydrogen-bond donors (Lipinski definition) is 0. The van der Waals surface area contributed by atoms with Gasteiger partial charge in [0, 0.05) is 11.8 Å². The Bertz CT molecular complexity index is 745. The molecule has 0 saturated carbocycles. The predicted octanol–water partition coefficient (Wildman–Crippen LogP) is 6.46. The number of nitrogens with zero attached hydrogens (tertiary/aromatic N) is 1. The lowest BCUT2D eigenvalue weighted by Crippen LogP contribution is -2.06. The van der Waals surface area contributed by atoms with Gasteiger partial charge in [0.05, 0.1) is 18.3 Å². The van der Waals surface area contributed by atoms with Crippen LogP contribution in [0.5, 0.6) is 23.1 Å². The van der Waals surface area contributed by atoms with Crippen LogP contribution in [0.15, 0.2) is 18.2 Å². The van der Waals surface area contributed by atoms with Crippen LogP contribution in [0.3, 0.4) is 0 Å². The lowest BCUT2D eigenvalue weighted by Gasteiger charge is -2.18. The fraction of sp³-hybridized carbons (Fsp3) is 0.522. The van der Waals surface area contributed by atoms with Crippen molar-refractivity contribution in [3.8, 4) is 23.1 Å². The van der Waals surface area contributed by atoms with Crippen LogP contribution in [-0.4, -0.2) is 17.7 Å². The van der Waals surface area contributed by atoms with Crippen molar-refractivity contribution >= 4 is 0 Å². The number of rotatable bonds is 9. The third-order valence-electron chi connectivity index (χ3n) is 4.32. The molecule has 27 heavy (non-hydrogen) atoms. The van der Waals surface area contributed by atoms with Crippen LogP contribution in [0.1, 0.15) is 62.4 Å². The molecule has 2 rings (SSSR count). The molecule has 0 fully saturated rings. The van der Waals surface area contributed by atoms with Crippen LogP contribution in [0.4, 0.5) is 0 Å². The SMILES string of the molecule is CCCCCOc1cc(C)nc(Oc2c(C)cc(OC(C)C)cc2C)c1C. The summed E-state index contributed by atoms with van der Waals surface area (Å²) in [6.45, 7) is 15.0. The molecule has 148 valence electrons. The third kappa shape index (κ3) is 5.88. The first kappa shape index (κ1) is 21.1. The summed E-state index contributed by atoms with van der Waals surface area (Å²) in [4.78, 5) is 4.59. The monoisotopic (exact) mass is 371 g/mol. The maximum atomic E-state index is 6.23. The maximum Gasteiger partial charge on any atom is 0.226 e. The first-order valence-electron chi connectivity index (χ1n) is 9.88. The highest BCUT2D eigenvalue weighted by Crippen LogP contribution is 2.35. The van der Waals surface area contributed by atoms with Gasteiger partial charge in [-0.1, -0.05) is 19.8 Å². The van der Waals surface area contributed by atoms with Crippen LogP contribution >= 0.6 is 0 Å². The molecule has 4 nitrogen and oxygen atoms in total. The Morgan fingerprint density at radius 1 is 0.963 bits per heavy atom. The van der Waals surface area contributed by atoms with Gasteiger partial charge in [0.25, 0.3) is 0 Å². The van der Waals surface area contributed by atoms with Crippen molar-refractivity contribution in [2.45, 2.75) is 73.8 Å². The molecular weight excluding hydrogens is 338 g/mol. The fourth-order valence-electron chi connectivity index (χ4n) is 2.97. The molecule has 1 heterocycles. The summed E-state index contributed by atoms with van der Waals surface area (Å²) in [6, 6.07) is 6.00. The van der Waals surface area contributed by atoms with Gasteiger partial charge in [-0.3, -0.25) is 0 Å². The average Bonchev–Trinajstić information content (AvgIpc) is 2.57. The molecule has 0 spiro atoms. The lowest BCUT2D eigenvalue weighted by atomic mass is 10.1. The molecule has 0 bridgehead atoms. The van der Waals surface area contributed by atoms with E-state index in [0.29, 0.717) is 5.88 Å². The van der Waals surface area contributed by atoms with Gasteiger partial charge >= 0.3 is 0 Å². The van der Waals surface area contributed by atoms with E-state index in [1.54, 1.807) is 0 Å². The largest absolute Gasteiger partial charge is 0.493 e. The van der Waals surface area contributed by atoms with Crippen molar-refractivity contribution in [3.05, 3.63) is 40.6 Å². The van der Waals surface area contributed by atoms with Crippen LogP contribution < -0.4 is 14.2 Å². The van der Waals surface area contributed by atoms with Crippen LogP contribution in [0.2, 0.25) is 0 Å². The topological polar surface area (TPSA) is 40.6 Å². The zero-order valence-electron chi connectivity index (χ0n) is 17.8. The number of unbranched alkanes of at least 4 members (excludes halogenated alkanes) is 2. The van der Waals surface area contributed by atoms with Crippen molar-refractivity contribution in [1.82, 2.24) is 4.98 Å². The van der Waals surface area contributed by atoms with Crippen molar-refractivity contribution < 1.29 is 14.2 Å². The van der Waals surface area contributed by atoms with Gasteiger partial charge in [-0.15, -0.1) is 0 Å². The molecule has 1 aromatic heterocycles. The van der Waals surface area contributed by atoms with Gasteiger partial charge in [0.1, 0.15) is 17.2 Å². The lowest BCUT2D eigenvalue weighted by molar-refractivity contribution is 0.242. The molecule has 1 aromatic carbocycles. The van der Waals surface area contributed by atoms with Crippen molar-refractivity contribution in [2.24, 2.45) is 0 Å². The van der Waals surface area contributed by atoms with Gasteiger partial charge in [0.2, 0.25) is 5.88 Å². The van der Waals surface area contributed by atoms with Gasteiger partial charge in [-0.25, -0.2) is 4.98 Å². The average molecular weight is 372 g/mol. The van der Waals surface area contributed by atoms with Crippen molar-refractivity contribution in [1.29, 1.82) is 0 Å². The van der Waals surface area contributed by atoms with E-state index in [0.717, 1.165) is 52.7 Å². The first-order valence-corrected chi connectivity index (χ1v) is 9.88. The Morgan fingerprint density at radius 2 is 1.63 bits per heavy atom. The van der Waals surface area contributed by atoms with E-state index < -0.39 is 0 Å². The Morgan fingerprint density at radius 3 is 2.22 bits per heavy atom. The van der Waals surface area contributed by atoms with Gasteiger partial charge in [0.15, 0.2) is 0 Å². The van der Waals surface area contributed by atoms with Crippen molar-refractivity contribution in [3.63, 3.8) is 0 Å². The molecule has 0 atom stereocenters. The fourth-order valence-corrected chi connectivity index (χ4v) is 2.97. The smallest absolute Gasteiger partial charge is 0.226 e. The van der Waals surface area contributed by atoms with Gasteiger partial charge < -0.3 is 14.2 Å². The second kappa shape index (κ2) is 9.63. The molecule has 0 saturated heterocycles. The van der Waals surface area contributed by atoms with E-state index in [2.05, 4.69) is 11.9 Å². The molecule has 0 unspecified atom stereocenters. The Hall–Kier alpha value is -2.23. The van der Waals surface area contributed by atoms with Crippen LogP contribution in [0.25, 0.3) is 0 Å². The highest BCUT2D eigenvalue weighted by atomic mass is 16.5. The zero-order chi connectivity index (χ0) is 20.0. The Kier molecular flexibility index (Phi) is 7.52. The summed E-state index contributed by atoms with van der Waals surface area (Å²) in [5.74, 6) is 3.14. The molecule has 0 radical (unpaired) electrons. The standard InChI is InChI=1S/C23H33NO3/c1-8-9-10-11-25-21-14-18(6)24-23(19(21)7)27-22-16(4)12-20(13-17(22)5)26-15(2)3/h12-15H,8-11H2,1-7H3. The molecule has 0 aliphatic rings.